The summed E-state index contributed by atoms with van der Waals surface area (Å²) in [6.07, 6.45) is -0.345. The summed E-state index contributed by atoms with van der Waals surface area (Å²) in [5.41, 5.74) is 1.52. The lowest BCUT2D eigenvalue weighted by molar-refractivity contribution is 0.191. The zero-order valence-corrected chi connectivity index (χ0v) is 17.2. The van der Waals surface area contributed by atoms with Crippen molar-refractivity contribution in [3.05, 3.63) is 57.8 Å². The van der Waals surface area contributed by atoms with Gasteiger partial charge in [-0.3, -0.25) is 0 Å². The molecule has 0 saturated carbocycles. The van der Waals surface area contributed by atoms with Crippen LogP contribution in [0.25, 0.3) is 0 Å². The maximum atomic E-state index is 13.8. The summed E-state index contributed by atoms with van der Waals surface area (Å²) in [6, 6.07) is 10.4. The normalized spacial score (nSPS) is 12.0. The van der Waals surface area contributed by atoms with Gasteiger partial charge in [-0.15, -0.1) is 0 Å². The molecule has 7 heteroatoms. The minimum atomic E-state index is -0.345. The number of aliphatic hydroxyl groups is 1. The molecule has 0 radical (unpaired) electrons. The van der Waals surface area contributed by atoms with Crippen LogP contribution in [0, 0.1) is 5.82 Å². The van der Waals surface area contributed by atoms with E-state index in [1.807, 2.05) is 12.1 Å². The number of aliphatic hydroxyl groups excluding tert-OH is 1. The number of halogens is 2. The molecule has 0 aromatic heterocycles. The summed E-state index contributed by atoms with van der Waals surface area (Å²) in [5, 5.41) is 15.7. The van der Waals surface area contributed by atoms with E-state index in [0.29, 0.717) is 30.2 Å². The summed E-state index contributed by atoms with van der Waals surface area (Å²) < 4.78 is 25.7. The van der Waals surface area contributed by atoms with Crippen LogP contribution in [0.1, 0.15) is 18.1 Å². The quantitative estimate of drug-likeness (QED) is 0.468. The van der Waals surface area contributed by atoms with Crippen molar-refractivity contribution in [1.82, 2.24) is 10.6 Å². The van der Waals surface area contributed by atoms with Crippen molar-refractivity contribution in [3.8, 4) is 11.5 Å². The molecule has 27 heavy (non-hydrogen) atoms. The van der Waals surface area contributed by atoms with Crippen LogP contribution < -0.4 is 20.1 Å². The molecule has 3 N–H and O–H groups in total. The zero-order valence-electron chi connectivity index (χ0n) is 15.6. The molecule has 0 amide bonds. The van der Waals surface area contributed by atoms with Crippen LogP contribution in [0.15, 0.2) is 40.9 Å². The Morgan fingerprint density at radius 1 is 1.19 bits per heavy atom. The maximum absolute atomic E-state index is 13.8. The molecular formula is C20H26BrFN2O3. The lowest BCUT2D eigenvalue weighted by Crippen LogP contribution is -2.31. The lowest BCUT2D eigenvalue weighted by Gasteiger charge is -2.15. The van der Waals surface area contributed by atoms with Crippen molar-refractivity contribution in [3.63, 3.8) is 0 Å². The molecule has 0 saturated heterocycles. The highest BCUT2D eigenvalue weighted by atomic mass is 79.9. The number of nitrogens with one attached hydrogen (secondary N) is 2. The fourth-order valence-electron chi connectivity index (χ4n) is 2.50. The third-order valence-electron chi connectivity index (χ3n) is 3.87. The van der Waals surface area contributed by atoms with E-state index in [1.54, 1.807) is 32.2 Å². The van der Waals surface area contributed by atoms with E-state index in [-0.39, 0.29) is 18.5 Å². The lowest BCUT2D eigenvalue weighted by atomic mass is 10.2. The fourth-order valence-corrected chi connectivity index (χ4v) is 3.11. The summed E-state index contributed by atoms with van der Waals surface area (Å²) >= 11 is 3.51. The van der Waals surface area contributed by atoms with Gasteiger partial charge in [0.1, 0.15) is 12.4 Å². The van der Waals surface area contributed by atoms with Gasteiger partial charge in [0.05, 0.1) is 17.7 Å². The third-order valence-corrected chi connectivity index (χ3v) is 4.46. The first kappa shape index (κ1) is 21.6. The molecule has 2 aromatic carbocycles. The van der Waals surface area contributed by atoms with Crippen LogP contribution in [-0.2, 0) is 13.2 Å². The van der Waals surface area contributed by atoms with Crippen molar-refractivity contribution < 1.29 is 19.0 Å². The predicted octanol–water partition coefficient (Wildman–Crippen LogP) is 3.24. The SMILES string of the molecule is COc1cc(CNCCNCC(C)O)cc(Br)c1OCc1ccccc1F. The van der Waals surface area contributed by atoms with Crippen molar-refractivity contribution in [2.24, 2.45) is 0 Å². The predicted molar refractivity (Wildman–Crippen MR) is 108 cm³/mol. The second kappa shape index (κ2) is 11.2. The largest absolute Gasteiger partial charge is 0.493 e. The van der Waals surface area contributed by atoms with Gasteiger partial charge in [0.15, 0.2) is 11.5 Å². The van der Waals surface area contributed by atoms with E-state index in [2.05, 4.69) is 26.6 Å². The number of benzene rings is 2. The van der Waals surface area contributed by atoms with Gasteiger partial charge in [-0.1, -0.05) is 18.2 Å². The number of hydrogen-bond donors (Lipinski definition) is 3. The maximum Gasteiger partial charge on any atom is 0.175 e. The van der Waals surface area contributed by atoms with Crippen LogP contribution in [0.2, 0.25) is 0 Å². The molecule has 0 bridgehead atoms. The molecule has 1 unspecified atom stereocenters. The number of ether oxygens (including phenoxy) is 2. The fraction of sp³-hybridized carbons (Fsp3) is 0.400. The molecule has 1 atom stereocenters. The highest BCUT2D eigenvalue weighted by Gasteiger charge is 2.13. The van der Waals surface area contributed by atoms with E-state index in [1.165, 1.54) is 6.07 Å². The first-order valence-corrected chi connectivity index (χ1v) is 9.62. The highest BCUT2D eigenvalue weighted by Crippen LogP contribution is 2.37. The monoisotopic (exact) mass is 440 g/mol. The van der Waals surface area contributed by atoms with E-state index in [9.17, 15) is 9.50 Å². The molecule has 148 valence electrons. The topological polar surface area (TPSA) is 62.8 Å². The average molecular weight is 441 g/mol. The molecule has 0 aliphatic rings. The van der Waals surface area contributed by atoms with Crippen molar-refractivity contribution >= 4 is 15.9 Å². The van der Waals surface area contributed by atoms with Gasteiger partial charge in [0, 0.05) is 31.7 Å². The van der Waals surface area contributed by atoms with E-state index >= 15 is 0 Å². The van der Waals surface area contributed by atoms with Crippen LogP contribution >= 0.6 is 15.9 Å². The Morgan fingerprint density at radius 2 is 1.93 bits per heavy atom. The van der Waals surface area contributed by atoms with Gasteiger partial charge in [-0.25, -0.2) is 4.39 Å². The first-order chi connectivity index (χ1) is 13.0. The second-order valence-electron chi connectivity index (χ2n) is 6.22. The molecule has 0 aliphatic carbocycles. The second-order valence-corrected chi connectivity index (χ2v) is 7.07. The Labute approximate surface area is 168 Å². The molecular weight excluding hydrogens is 415 g/mol. The minimum absolute atomic E-state index is 0.119. The van der Waals surface area contributed by atoms with Crippen molar-refractivity contribution in [2.75, 3.05) is 26.7 Å². The van der Waals surface area contributed by atoms with Crippen LogP contribution in [0.4, 0.5) is 4.39 Å². The molecule has 2 aromatic rings. The molecule has 0 heterocycles. The standard InChI is InChI=1S/C20H26BrFN2O3/c1-14(25)11-23-7-8-24-12-15-9-17(21)20(19(10-15)26-2)27-13-16-5-3-4-6-18(16)22/h3-6,9-10,14,23-25H,7-8,11-13H2,1-2H3. The summed E-state index contributed by atoms with van der Waals surface area (Å²) in [5.74, 6) is 0.838. The number of rotatable bonds is 11. The molecule has 2 rings (SSSR count). The van der Waals surface area contributed by atoms with Gasteiger partial charge in [0.25, 0.3) is 0 Å². The third kappa shape index (κ3) is 7.10. The highest BCUT2D eigenvalue weighted by molar-refractivity contribution is 9.10. The molecule has 0 fully saturated rings. The summed E-state index contributed by atoms with van der Waals surface area (Å²) in [7, 11) is 1.58. The van der Waals surface area contributed by atoms with Crippen molar-refractivity contribution in [1.29, 1.82) is 0 Å². The summed E-state index contributed by atoms with van der Waals surface area (Å²) in [6.45, 7) is 4.66. The van der Waals surface area contributed by atoms with Gasteiger partial charge in [0.2, 0.25) is 0 Å². The van der Waals surface area contributed by atoms with Gasteiger partial charge >= 0.3 is 0 Å². The van der Waals surface area contributed by atoms with E-state index in [4.69, 9.17) is 9.47 Å². The first-order valence-electron chi connectivity index (χ1n) is 8.83. The molecule has 0 spiro atoms. The van der Waals surface area contributed by atoms with Gasteiger partial charge in [-0.2, -0.15) is 0 Å². The molecule has 5 nitrogen and oxygen atoms in total. The van der Waals surface area contributed by atoms with E-state index < -0.39 is 0 Å². The van der Waals surface area contributed by atoms with Crippen molar-refractivity contribution in [2.45, 2.75) is 26.2 Å². The van der Waals surface area contributed by atoms with Crippen LogP contribution in [-0.4, -0.2) is 38.0 Å². The Balaban J connectivity index is 1.93. The number of methoxy groups -OCH3 is 1. The molecule has 0 aliphatic heterocycles. The van der Waals surface area contributed by atoms with Gasteiger partial charge in [-0.05, 0) is 46.6 Å². The smallest absolute Gasteiger partial charge is 0.175 e. The average Bonchev–Trinajstić information content (AvgIpc) is 2.64. The van der Waals surface area contributed by atoms with Crippen LogP contribution in [0.3, 0.4) is 0 Å². The Hall–Kier alpha value is -1.67. The summed E-state index contributed by atoms with van der Waals surface area (Å²) in [4.78, 5) is 0. The Bertz CT molecular complexity index is 728. The van der Waals surface area contributed by atoms with Gasteiger partial charge < -0.3 is 25.2 Å². The minimum Gasteiger partial charge on any atom is -0.493 e. The zero-order chi connectivity index (χ0) is 19.6. The van der Waals surface area contributed by atoms with Crippen LogP contribution in [0.5, 0.6) is 11.5 Å². The Morgan fingerprint density at radius 3 is 2.63 bits per heavy atom. The number of hydrogen-bond acceptors (Lipinski definition) is 5. The Kier molecular flexibility index (Phi) is 9.00. The van der Waals surface area contributed by atoms with E-state index in [0.717, 1.165) is 23.1 Å².